The predicted octanol–water partition coefficient (Wildman–Crippen LogP) is 8.44. The highest BCUT2D eigenvalue weighted by atomic mass is 79.9. The Hall–Kier alpha value is -8.51. The molecule has 4 aromatic rings. The number of Topliss-reactive ketones (excluding diaryl/α,β-unsaturated/α-hetero) is 2. The fraction of sp³-hybridized carbons (Fsp3) is 0.419. The quantitative estimate of drug-likeness (QED) is 0.0306. The number of benzene rings is 2. The highest BCUT2D eigenvalue weighted by molar-refractivity contribution is 9.09. The van der Waals surface area contributed by atoms with E-state index in [1.807, 2.05) is 70.1 Å². The van der Waals surface area contributed by atoms with E-state index >= 15 is 0 Å². The van der Waals surface area contributed by atoms with E-state index in [4.69, 9.17) is 25.4 Å². The second kappa shape index (κ2) is 43.4. The topological polar surface area (TPSA) is 193 Å². The number of carbonyl (C=O) groups excluding carboxylic acids is 7. The standard InChI is InChI=1S/C26H32N2O5S.C20H28N2O4.C17H4.C6H5BrOS.C4H8O2.CH4.BrH/c1-26(2,3)33-25(31)27-23(19-7-5-4-6-8-19)24(30)32-22-16-28(12-9-18(22)10-13-28)15-21(29)20-11-14-34-17-20;1-20(2,3)26-19(24)21-17(15-7-5-4-6-8-15)18(23)25-16-13-22-11-9-14(16)10-12-22;1-3-5-7-9-11-13-15-17-16-14-12-10-8-6-4-2;7-3-6(8)5-1-2-9-4-5;1-3-6-4(2)5;;/h4-8,11,14,17-18,22-23H,9-10,12-13,15-16H2,1-3H3;4-8,14,16-17H,9-13H2,1-3H3,(H,21,24);1H,2H3;1-2,4H,3H2;3H2,1-2H3;1H4;1H/t18?,22-,23?,28?;16-,17?;;;;;/m00...../s1. The Bertz CT molecular complexity index is 3610. The third-order valence-corrected chi connectivity index (χ3v) is 15.7. The van der Waals surface area contributed by atoms with E-state index in [0.717, 1.165) is 69.5 Å². The second-order valence-electron chi connectivity index (χ2n) is 23.0. The number of alkyl halides is 1. The van der Waals surface area contributed by atoms with Crippen LogP contribution in [0.5, 0.6) is 0 Å². The summed E-state index contributed by atoms with van der Waals surface area (Å²) < 4.78 is 27.6. The van der Waals surface area contributed by atoms with Crippen LogP contribution in [0.1, 0.15) is 139 Å². The maximum Gasteiger partial charge on any atom is 0.408 e. The molecule has 6 fully saturated rings. The van der Waals surface area contributed by atoms with Gasteiger partial charge in [-0.3, -0.25) is 19.3 Å². The van der Waals surface area contributed by atoms with Crippen LogP contribution in [0.15, 0.2) is 94.3 Å². The molecule has 4 bridgehead atoms. The number of piperidine rings is 6. The molecule has 0 aliphatic carbocycles. The lowest BCUT2D eigenvalue weighted by Gasteiger charge is -2.51. The summed E-state index contributed by atoms with van der Waals surface area (Å²) in [6, 6.07) is 20.1. The van der Waals surface area contributed by atoms with Gasteiger partial charge in [0.15, 0.2) is 24.0 Å². The normalized spacial score (nSPS) is 18.2. The van der Waals surface area contributed by atoms with Crippen molar-refractivity contribution in [3.05, 3.63) is 117 Å². The van der Waals surface area contributed by atoms with Gasteiger partial charge in [0.25, 0.3) is 0 Å². The van der Waals surface area contributed by atoms with Gasteiger partial charge in [-0.15, -0.1) is 6.42 Å². The lowest BCUT2D eigenvalue weighted by molar-refractivity contribution is -0.938. The second-order valence-corrected chi connectivity index (χ2v) is 25.1. The molecule has 0 saturated carbocycles. The minimum atomic E-state index is -0.965. The Morgan fingerprint density at radius 1 is 0.628 bits per heavy atom. The molecule has 20 heteroatoms. The minimum Gasteiger partial charge on any atom is -1.00 e. The van der Waals surface area contributed by atoms with E-state index in [1.165, 1.54) is 18.3 Å². The maximum absolute atomic E-state index is 13.3. The number of thiophene rings is 2. The van der Waals surface area contributed by atoms with Crippen molar-refractivity contribution in [2.24, 2.45) is 11.8 Å². The molecule has 10 rings (SSSR count). The lowest BCUT2D eigenvalue weighted by Crippen LogP contribution is -3.00. The van der Waals surface area contributed by atoms with Crippen molar-refractivity contribution in [1.29, 1.82) is 0 Å². The molecule has 2 aromatic carbocycles. The first-order valence-corrected chi connectivity index (χ1v) is 32.7. The molecule has 16 nitrogen and oxygen atoms in total. The van der Waals surface area contributed by atoms with Crippen LogP contribution in [0.4, 0.5) is 9.59 Å². The molecular weight excluding hydrogens is 1360 g/mol. The first-order chi connectivity index (χ1) is 44.0. The smallest absolute Gasteiger partial charge is 0.408 e. The first kappa shape index (κ1) is 81.6. The molecule has 6 aliphatic rings. The number of nitrogens with zero attached hydrogens (tertiary/aromatic N) is 2. The number of esters is 3. The Labute approximate surface area is 582 Å². The van der Waals surface area contributed by atoms with Crippen LogP contribution in [0.2, 0.25) is 0 Å². The van der Waals surface area contributed by atoms with Crippen LogP contribution in [-0.2, 0) is 38.1 Å². The summed E-state index contributed by atoms with van der Waals surface area (Å²) in [5.41, 5.74) is 1.56. The van der Waals surface area contributed by atoms with Crippen LogP contribution < -0.4 is 27.6 Å². The Balaban J connectivity index is 0.000000443. The molecule has 2 N–H and O–H groups in total. The number of alkyl carbamates (subject to hydrolysis) is 2. The third kappa shape index (κ3) is 31.4. The molecule has 4 atom stereocenters. The fourth-order valence-electron chi connectivity index (χ4n) is 9.72. The predicted molar refractivity (Wildman–Crippen MR) is 368 cm³/mol. The van der Waals surface area contributed by atoms with E-state index in [9.17, 15) is 33.6 Å². The molecule has 8 heterocycles. The van der Waals surface area contributed by atoms with E-state index in [0.29, 0.717) is 46.6 Å². The van der Waals surface area contributed by atoms with Crippen LogP contribution >= 0.6 is 38.6 Å². The zero-order chi connectivity index (χ0) is 67.4. The average molecular weight is 1440 g/mol. The number of rotatable bonds is 14. The Morgan fingerprint density at radius 2 is 1.04 bits per heavy atom. The van der Waals surface area contributed by atoms with Gasteiger partial charge < -0.3 is 55.8 Å². The summed E-state index contributed by atoms with van der Waals surface area (Å²) in [5, 5.41) is 13.3. The summed E-state index contributed by atoms with van der Waals surface area (Å²) >= 11 is 6.16. The van der Waals surface area contributed by atoms with Crippen molar-refractivity contribution in [1.82, 2.24) is 15.5 Å². The van der Waals surface area contributed by atoms with Crippen molar-refractivity contribution < 1.29 is 78.7 Å². The SMILES string of the molecule is C.C#CC#CC#CC#CC#CC#CC#CC#CC.CC(C)(C)OC(=O)NC(C(=O)O[C@H]1CN2CCC1CC2)c1ccccc1.CC(C)(C)OC(=O)NC(C(=O)O[C@H]1C[N+]2(CC(=O)c3ccsc3)CCC1CC2)c1ccccc1.CCOC(C)=O.O=C(CBr)c1ccsc1.[Br-]. The van der Waals surface area contributed by atoms with E-state index in [1.54, 1.807) is 91.0 Å². The number of terminal acetylenes is 1. The molecule has 0 spiro atoms. The van der Waals surface area contributed by atoms with Crippen molar-refractivity contribution in [3.63, 3.8) is 0 Å². The molecule has 496 valence electrons. The van der Waals surface area contributed by atoms with Crippen molar-refractivity contribution in [2.45, 2.75) is 131 Å². The monoisotopic (exact) mass is 1440 g/mol. The number of amides is 2. The minimum absolute atomic E-state index is 0. The highest BCUT2D eigenvalue weighted by Crippen LogP contribution is 2.37. The zero-order valence-electron chi connectivity index (χ0n) is 53.8. The van der Waals surface area contributed by atoms with Crippen LogP contribution in [0, 0.1) is 107 Å². The van der Waals surface area contributed by atoms with Crippen LogP contribution in [0.3, 0.4) is 0 Å². The molecular formula is C74H82Br2N4O12S2. The molecule has 6 aliphatic heterocycles. The molecule has 2 unspecified atom stereocenters. The van der Waals surface area contributed by atoms with E-state index in [2.05, 4.69) is 125 Å². The van der Waals surface area contributed by atoms with Gasteiger partial charge in [-0.2, -0.15) is 22.7 Å². The lowest BCUT2D eigenvalue weighted by atomic mass is 9.82. The molecule has 2 aromatic heterocycles. The summed E-state index contributed by atoms with van der Waals surface area (Å²) in [7, 11) is 0. The maximum atomic E-state index is 13.3. The van der Waals surface area contributed by atoms with Gasteiger partial charge in [0.2, 0.25) is 5.78 Å². The van der Waals surface area contributed by atoms with Gasteiger partial charge in [0.1, 0.15) is 30.4 Å². The number of fused-ring (bicyclic) bond motifs is 6. The zero-order valence-corrected chi connectivity index (χ0v) is 58.6. The van der Waals surface area contributed by atoms with Crippen LogP contribution in [0.25, 0.3) is 0 Å². The number of carbonyl (C=O) groups is 7. The largest absolute Gasteiger partial charge is 1.00 e. The first-order valence-electron chi connectivity index (χ1n) is 29.7. The Kier molecular flexibility index (Phi) is 37.7. The van der Waals surface area contributed by atoms with Crippen molar-refractivity contribution >= 4 is 80.3 Å². The van der Waals surface area contributed by atoms with Gasteiger partial charge in [0.05, 0.1) is 25.0 Å². The third-order valence-electron chi connectivity index (χ3n) is 13.8. The average Bonchev–Trinajstić information content (AvgIpc) is 0.860. The number of quaternary nitrogens is 1. The molecule has 2 amide bonds. The summed E-state index contributed by atoms with van der Waals surface area (Å²) in [5.74, 6) is 36.8. The number of ether oxygens (including phenoxy) is 5. The molecule has 94 heavy (non-hydrogen) atoms. The summed E-state index contributed by atoms with van der Waals surface area (Å²) in [4.78, 5) is 86.7. The van der Waals surface area contributed by atoms with Gasteiger partial charge in [-0.05, 0) is 204 Å². The molecule has 0 radical (unpaired) electrons. The van der Waals surface area contributed by atoms with Crippen molar-refractivity contribution in [3.8, 4) is 95.2 Å². The summed E-state index contributed by atoms with van der Waals surface area (Å²) in [6.07, 6.45) is 7.17. The van der Waals surface area contributed by atoms with Gasteiger partial charge >= 0.3 is 30.1 Å². The highest BCUT2D eigenvalue weighted by Gasteiger charge is 2.49. The van der Waals surface area contributed by atoms with E-state index in [-0.39, 0.29) is 60.1 Å². The van der Waals surface area contributed by atoms with Crippen LogP contribution in [-0.4, -0.2) is 132 Å². The number of halogens is 2. The number of nitrogens with one attached hydrogen (secondary N) is 2. The van der Waals surface area contributed by atoms with Gasteiger partial charge in [-0.25, -0.2) is 19.2 Å². The summed E-state index contributed by atoms with van der Waals surface area (Å²) in [6.45, 7) is 21.9. The number of ketones is 2. The Morgan fingerprint density at radius 3 is 1.39 bits per heavy atom. The van der Waals surface area contributed by atoms with E-state index < -0.39 is 47.4 Å². The van der Waals surface area contributed by atoms with Gasteiger partial charge in [0, 0.05) is 54.1 Å². The number of hydrogen-bond acceptors (Lipinski definition) is 15. The van der Waals surface area contributed by atoms with Crippen molar-refractivity contribution in [2.75, 3.05) is 57.8 Å². The number of hydrogen-bond donors (Lipinski definition) is 2. The fourth-order valence-corrected chi connectivity index (χ4v) is 11.4. The van der Waals surface area contributed by atoms with Gasteiger partial charge in [-0.1, -0.05) is 89.9 Å². The molecule has 6 saturated heterocycles.